The number of nitrogens with zero attached hydrogens (tertiary/aromatic N) is 1. The molecule has 2 aromatic heterocycles. The number of carbonyl (C=O) groups excluding carboxylic acids is 2. The minimum absolute atomic E-state index is 0.339. The second-order valence-corrected chi connectivity index (χ2v) is 5.21. The predicted molar refractivity (Wildman–Crippen MR) is 69.3 cm³/mol. The van der Waals surface area contributed by atoms with Crippen molar-refractivity contribution >= 4 is 40.6 Å². The van der Waals surface area contributed by atoms with Crippen molar-refractivity contribution in [3.63, 3.8) is 0 Å². The number of Topliss-reactive ketones (excluding diaryl/α,β-unsaturated/α-hetero) is 1. The fourth-order valence-electron chi connectivity index (χ4n) is 1.27. The van der Waals surface area contributed by atoms with E-state index in [2.05, 4.69) is 4.42 Å². The summed E-state index contributed by atoms with van der Waals surface area (Å²) in [5, 5.41) is 10.4. The third-order valence-electron chi connectivity index (χ3n) is 2.16. The second-order valence-electron chi connectivity index (χ2n) is 3.50. The lowest BCUT2D eigenvalue weighted by molar-refractivity contribution is -0.402. The van der Waals surface area contributed by atoms with Gasteiger partial charge in [-0.05, 0) is 18.2 Å². The Hall–Kier alpha value is -2.19. The number of nitro groups is 1. The van der Waals surface area contributed by atoms with Crippen LogP contribution >= 0.6 is 22.9 Å². The van der Waals surface area contributed by atoms with Crippen LogP contribution in [-0.2, 0) is 4.74 Å². The molecule has 0 amide bonds. The highest BCUT2D eigenvalue weighted by atomic mass is 35.5. The van der Waals surface area contributed by atoms with Crippen LogP contribution in [0.25, 0.3) is 0 Å². The lowest BCUT2D eigenvalue weighted by Gasteiger charge is -2.00. The Morgan fingerprint density at radius 2 is 2.10 bits per heavy atom. The molecule has 0 saturated carbocycles. The van der Waals surface area contributed by atoms with Gasteiger partial charge in [-0.25, -0.2) is 4.79 Å². The Kier molecular flexibility index (Phi) is 4.16. The number of hydrogen-bond acceptors (Lipinski definition) is 7. The summed E-state index contributed by atoms with van der Waals surface area (Å²) in [6.07, 6.45) is 0. The monoisotopic (exact) mass is 315 g/mol. The van der Waals surface area contributed by atoms with Crippen molar-refractivity contribution in [1.29, 1.82) is 0 Å². The molecule has 104 valence electrons. The van der Waals surface area contributed by atoms with Gasteiger partial charge in [-0.3, -0.25) is 14.9 Å². The zero-order chi connectivity index (χ0) is 14.7. The van der Waals surface area contributed by atoms with Gasteiger partial charge in [0.25, 0.3) is 0 Å². The molecule has 0 atom stereocenters. The molecule has 9 heteroatoms. The molecule has 0 aromatic carbocycles. The zero-order valence-electron chi connectivity index (χ0n) is 9.70. The largest absolute Gasteiger partial charge is 0.451 e. The molecule has 7 nitrogen and oxygen atoms in total. The summed E-state index contributed by atoms with van der Waals surface area (Å²) in [6.45, 7) is -0.496. The average Bonchev–Trinajstić information content (AvgIpc) is 3.04. The summed E-state index contributed by atoms with van der Waals surface area (Å²) in [4.78, 5) is 33.1. The van der Waals surface area contributed by atoms with Gasteiger partial charge in [-0.1, -0.05) is 11.6 Å². The Labute approximate surface area is 120 Å². The average molecular weight is 316 g/mol. The van der Waals surface area contributed by atoms with E-state index >= 15 is 0 Å². The highest BCUT2D eigenvalue weighted by molar-refractivity contribution is 7.18. The number of furan rings is 1. The number of carbonyl (C=O) groups is 2. The Morgan fingerprint density at radius 3 is 2.65 bits per heavy atom. The quantitative estimate of drug-likeness (QED) is 0.364. The molecule has 0 radical (unpaired) electrons. The molecule has 0 saturated heterocycles. The number of halogens is 1. The van der Waals surface area contributed by atoms with Gasteiger partial charge in [0, 0.05) is 0 Å². The van der Waals surface area contributed by atoms with Gasteiger partial charge in [0.15, 0.2) is 6.61 Å². The summed E-state index contributed by atoms with van der Waals surface area (Å²) in [5.74, 6) is -2.28. The zero-order valence-corrected chi connectivity index (χ0v) is 11.3. The Bertz CT molecular complexity index is 676. The molecule has 0 unspecified atom stereocenters. The van der Waals surface area contributed by atoms with E-state index in [-0.39, 0.29) is 5.76 Å². The maximum atomic E-state index is 11.6. The van der Waals surface area contributed by atoms with Crippen molar-refractivity contribution in [2.24, 2.45) is 0 Å². The maximum Gasteiger partial charge on any atom is 0.433 e. The van der Waals surface area contributed by atoms with Crippen molar-refractivity contribution in [2.45, 2.75) is 0 Å². The fourth-order valence-corrected chi connectivity index (χ4v) is 2.24. The fraction of sp³-hybridized carbons (Fsp3) is 0.0909. The SMILES string of the molecule is O=C(OCC(=O)c1ccc(Cl)s1)c1ccc([N+](=O)[O-])o1. The molecule has 0 spiro atoms. The summed E-state index contributed by atoms with van der Waals surface area (Å²) >= 11 is 6.74. The normalized spacial score (nSPS) is 10.2. The van der Waals surface area contributed by atoms with Crippen molar-refractivity contribution in [3.8, 4) is 0 Å². The van der Waals surface area contributed by atoms with Crippen molar-refractivity contribution in [2.75, 3.05) is 6.61 Å². The van der Waals surface area contributed by atoms with Gasteiger partial charge in [0.2, 0.25) is 11.5 Å². The number of ether oxygens (including phenoxy) is 1. The van der Waals surface area contributed by atoms with E-state index in [1.165, 1.54) is 6.07 Å². The van der Waals surface area contributed by atoms with Crippen LogP contribution < -0.4 is 0 Å². The number of thiophene rings is 1. The second kappa shape index (κ2) is 5.85. The Balaban J connectivity index is 1.94. The standard InChI is InChI=1S/C11H6ClNO6S/c12-9-3-2-8(20-9)6(14)5-18-11(15)7-1-4-10(19-7)13(16)17/h1-4H,5H2. The molecule has 0 aliphatic rings. The van der Waals surface area contributed by atoms with Gasteiger partial charge in [-0.15, -0.1) is 11.3 Å². The van der Waals surface area contributed by atoms with Crippen LogP contribution in [0.4, 0.5) is 5.88 Å². The van der Waals surface area contributed by atoms with Gasteiger partial charge < -0.3 is 9.15 Å². The lowest BCUT2D eigenvalue weighted by atomic mass is 10.3. The first-order valence-electron chi connectivity index (χ1n) is 5.17. The van der Waals surface area contributed by atoms with E-state index < -0.39 is 29.2 Å². The maximum absolute atomic E-state index is 11.6. The highest BCUT2D eigenvalue weighted by Crippen LogP contribution is 2.22. The molecule has 2 rings (SSSR count). The minimum atomic E-state index is -0.950. The molecular formula is C11H6ClNO6S. The van der Waals surface area contributed by atoms with Crippen LogP contribution in [0.3, 0.4) is 0 Å². The van der Waals surface area contributed by atoms with Crippen molar-refractivity contribution in [3.05, 3.63) is 49.4 Å². The molecule has 0 aliphatic heterocycles. The first kappa shape index (κ1) is 14.2. The summed E-state index contributed by atoms with van der Waals surface area (Å²) in [7, 11) is 0. The summed E-state index contributed by atoms with van der Waals surface area (Å²) in [5.41, 5.74) is 0. The Morgan fingerprint density at radius 1 is 1.35 bits per heavy atom. The molecule has 0 fully saturated rings. The minimum Gasteiger partial charge on any atom is -0.451 e. The molecule has 0 aliphatic carbocycles. The molecule has 20 heavy (non-hydrogen) atoms. The molecule has 0 bridgehead atoms. The predicted octanol–water partition coefficient (Wildman–Crippen LogP) is 2.94. The van der Waals surface area contributed by atoms with Crippen LogP contribution in [0.2, 0.25) is 4.34 Å². The number of rotatable bonds is 5. The third-order valence-corrected chi connectivity index (χ3v) is 3.43. The molecule has 2 heterocycles. The van der Waals surface area contributed by atoms with Crippen molar-refractivity contribution in [1.82, 2.24) is 0 Å². The first-order chi connectivity index (χ1) is 9.47. The number of ketones is 1. The molecular weight excluding hydrogens is 310 g/mol. The van der Waals surface area contributed by atoms with E-state index in [1.54, 1.807) is 6.07 Å². The molecule has 0 N–H and O–H groups in total. The van der Waals surface area contributed by atoms with E-state index in [0.717, 1.165) is 23.5 Å². The van der Waals surface area contributed by atoms with Crippen LogP contribution in [0.5, 0.6) is 0 Å². The van der Waals surface area contributed by atoms with E-state index in [4.69, 9.17) is 16.3 Å². The van der Waals surface area contributed by atoms with Crippen LogP contribution in [0, 0.1) is 10.1 Å². The van der Waals surface area contributed by atoms with E-state index in [9.17, 15) is 19.7 Å². The van der Waals surface area contributed by atoms with Gasteiger partial charge in [0.1, 0.15) is 4.92 Å². The first-order valence-corrected chi connectivity index (χ1v) is 6.36. The van der Waals surface area contributed by atoms with Crippen LogP contribution in [-0.4, -0.2) is 23.3 Å². The molecule has 2 aromatic rings. The summed E-state index contributed by atoms with van der Waals surface area (Å²) < 4.78 is 9.80. The smallest absolute Gasteiger partial charge is 0.433 e. The van der Waals surface area contributed by atoms with Crippen LogP contribution in [0.1, 0.15) is 20.2 Å². The number of esters is 1. The van der Waals surface area contributed by atoms with Gasteiger partial charge in [-0.2, -0.15) is 0 Å². The highest BCUT2D eigenvalue weighted by Gasteiger charge is 2.20. The van der Waals surface area contributed by atoms with Crippen molar-refractivity contribution < 1.29 is 23.7 Å². The van der Waals surface area contributed by atoms with E-state index in [0.29, 0.717) is 9.21 Å². The lowest BCUT2D eigenvalue weighted by Crippen LogP contribution is -2.12. The third kappa shape index (κ3) is 3.22. The van der Waals surface area contributed by atoms with E-state index in [1.807, 2.05) is 0 Å². The van der Waals surface area contributed by atoms with Crippen LogP contribution in [0.15, 0.2) is 28.7 Å². The number of hydrogen-bond donors (Lipinski definition) is 0. The van der Waals surface area contributed by atoms with Gasteiger partial charge >= 0.3 is 11.9 Å². The topological polar surface area (TPSA) is 99.7 Å². The summed E-state index contributed by atoms with van der Waals surface area (Å²) in [6, 6.07) is 5.20. The van der Waals surface area contributed by atoms with Gasteiger partial charge in [0.05, 0.1) is 15.3 Å².